The molecule has 0 aliphatic heterocycles. The quantitative estimate of drug-likeness (QED) is 0.570. The minimum absolute atomic E-state index is 0.592. The molecule has 0 aliphatic rings. The lowest BCUT2D eigenvalue weighted by Crippen LogP contribution is -2.32. The number of hydrogen-bond donors (Lipinski definition) is 0. The average molecular weight is 170 g/mol. The molecule has 0 rings (SSSR count). The standard InChI is InChI=1S/C12H26/c1-7-11(6)12(8-2,9-3)10(4)5/h10-11H,7-9H2,1-6H3/t11-/m0/s1. The van der Waals surface area contributed by atoms with Crippen molar-refractivity contribution in [1.29, 1.82) is 0 Å². The van der Waals surface area contributed by atoms with Gasteiger partial charge in [0.05, 0.1) is 0 Å². The van der Waals surface area contributed by atoms with Gasteiger partial charge in [-0.2, -0.15) is 0 Å². The molecule has 0 spiro atoms. The lowest BCUT2D eigenvalue weighted by atomic mass is 9.64. The van der Waals surface area contributed by atoms with Gasteiger partial charge in [0.2, 0.25) is 0 Å². The van der Waals surface area contributed by atoms with Crippen LogP contribution in [0.4, 0.5) is 0 Å². The fourth-order valence-corrected chi connectivity index (χ4v) is 2.74. The van der Waals surface area contributed by atoms with Gasteiger partial charge in [-0.3, -0.25) is 0 Å². The Hall–Kier alpha value is 0. The van der Waals surface area contributed by atoms with E-state index in [0.29, 0.717) is 5.41 Å². The van der Waals surface area contributed by atoms with Crippen LogP contribution in [0.5, 0.6) is 0 Å². The monoisotopic (exact) mass is 170 g/mol. The molecule has 0 N–H and O–H groups in total. The van der Waals surface area contributed by atoms with E-state index in [9.17, 15) is 0 Å². The van der Waals surface area contributed by atoms with Crippen molar-refractivity contribution in [3.63, 3.8) is 0 Å². The van der Waals surface area contributed by atoms with E-state index < -0.39 is 0 Å². The molecule has 74 valence electrons. The topological polar surface area (TPSA) is 0 Å². The third-order valence-corrected chi connectivity index (χ3v) is 4.06. The second kappa shape index (κ2) is 4.89. The molecule has 0 unspecified atom stereocenters. The molecule has 12 heavy (non-hydrogen) atoms. The Bertz CT molecular complexity index is 109. The fourth-order valence-electron chi connectivity index (χ4n) is 2.74. The minimum Gasteiger partial charge on any atom is -0.0651 e. The van der Waals surface area contributed by atoms with Gasteiger partial charge in [0.1, 0.15) is 0 Å². The van der Waals surface area contributed by atoms with E-state index in [1.165, 1.54) is 19.3 Å². The molecule has 0 heterocycles. The van der Waals surface area contributed by atoms with E-state index in [1.807, 2.05) is 0 Å². The predicted molar refractivity (Wildman–Crippen MR) is 57.3 cm³/mol. The van der Waals surface area contributed by atoms with Gasteiger partial charge in [-0.1, -0.05) is 48.0 Å². The van der Waals surface area contributed by atoms with Crippen LogP contribution in [0.25, 0.3) is 0 Å². The molecule has 0 aromatic heterocycles. The molecular weight excluding hydrogens is 144 g/mol. The van der Waals surface area contributed by atoms with Crippen LogP contribution in [0.1, 0.15) is 60.8 Å². The molecule has 0 fully saturated rings. The molecule has 0 bridgehead atoms. The maximum Gasteiger partial charge on any atom is -0.0254 e. The highest BCUT2D eigenvalue weighted by Crippen LogP contribution is 2.43. The first kappa shape index (κ1) is 12.0. The van der Waals surface area contributed by atoms with Crippen LogP contribution in [0.15, 0.2) is 0 Å². The molecule has 0 saturated heterocycles. The van der Waals surface area contributed by atoms with Crippen molar-refractivity contribution in [1.82, 2.24) is 0 Å². The number of rotatable bonds is 5. The summed E-state index contributed by atoms with van der Waals surface area (Å²) in [7, 11) is 0. The first-order valence-electron chi connectivity index (χ1n) is 5.55. The SMILES string of the molecule is CC[C@H](C)C(CC)(CC)C(C)C. The summed E-state index contributed by atoms with van der Waals surface area (Å²) in [5.74, 6) is 1.69. The van der Waals surface area contributed by atoms with Crippen LogP contribution in [0, 0.1) is 17.3 Å². The van der Waals surface area contributed by atoms with Gasteiger partial charge in [-0.25, -0.2) is 0 Å². The molecule has 1 atom stereocenters. The van der Waals surface area contributed by atoms with Crippen LogP contribution < -0.4 is 0 Å². The summed E-state index contributed by atoms with van der Waals surface area (Å²) >= 11 is 0. The van der Waals surface area contributed by atoms with E-state index in [2.05, 4.69) is 41.5 Å². The Balaban J connectivity index is 4.56. The normalized spacial score (nSPS) is 15.2. The van der Waals surface area contributed by atoms with Gasteiger partial charge >= 0.3 is 0 Å². The van der Waals surface area contributed by atoms with Crippen LogP contribution in [0.3, 0.4) is 0 Å². The van der Waals surface area contributed by atoms with Gasteiger partial charge in [0.25, 0.3) is 0 Å². The minimum atomic E-state index is 0.592. The summed E-state index contributed by atoms with van der Waals surface area (Å²) < 4.78 is 0. The summed E-state index contributed by atoms with van der Waals surface area (Å²) in [6, 6.07) is 0. The zero-order valence-corrected chi connectivity index (χ0v) is 9.78. The fraction of sp³-hybridized carbons (Fsp3) is 1.00. The van der Waals surface area contributed by atoms with Crippen LogP contribution in [-0.2, 0) is 0 Å². The first-order valence-corrected chi connectivity index (χ1v) is 5.55. The predicted octanol–water partition coefficient (Wildman–Crippen LogP) is 4.49. The Morgan fingerprint density at radius 1 is 0.917 bits per heavy atom. The maximum atomic E-state index is 2.41. The Labute approximate surface area is 78.8 Å². The maximum absolute atomic E-state index is 2.41. The highest BCUT2D eigenvalue weighted by molar-refractivity contribution is 4.84. The van der Waals surface area contributed by atoms with E-state index in [-0.39, 0.29) is 0 Å². The van der Waals surface area contributed by atoms with E-state index in [0.717, 1.165) is 11.8 Å². The van der Waals surface area contributed by atoms with Crippen molar-refractivity contribution in [2.75, 3.05) is 0 Å². The Kier molecular flexibility index (Phi) is 4.89. The van der Waals surface area contributed by atoms with E-state index in [1.54, 1.807) is 0 Å². The smallest absolute Gasteiger partial charge is 0.0254 e. The van der Waals surface area contributed by atoms with Gasteiger partial charge in [-0.15, -0.1) is 0 Å². The lowest BCUT2D eigenvalue weighted by molar-refractivity contribution is 0.0850. The Morgan fingerprint density at radius 3 is 1.42 bits per heavy atom. The molecule has 0 heteroatoms. The first-order chi connectivity index (χ1) is 5.55. The second-order valence-corrected chi connectivity index (χ2v) is 4.40. The van der Waals surface area contributed by atoms with Crippen LogP contribution in [0.2, 0.25) is 0 Å². The van der Waals surface area contributed by atoms with Crippen molar-refractivity contribution in [3.05, 3.63) is 0 Å². The molecular formula is C12H26. The van der Waals surface area contributed by atoms with Crippen molar-refractivity contribution in [2.24, 2.45) is 17.3 Å². The van der Waals surface area contributed by atoms with Gasteiger partial charge in [-0.05, 0) is 30.1 Å². The summed E-state index contributed by atoms with van der Waals surface area (Å²) in [5.41, 5.74) is 0.592. The second-order valence-electron chi connectivity index (χ2n) is 4.40. The van der Waals surface area contributed by atoms with E-state index >= 15 is 0 Å². The van der Waals surface area contributed by atoms with Crippen molar-refractivity contribution < 1.29 is 0 Å². The van der Waals surface area contributed by atoms with Gasteiger partial charge in [0.15, 0.2) is 0 Å². The molecule has 0 radical (unpaired) electrons. The van der Waals surface area contributed by atoms with Gasteiger partial charge in [0, 0.05) is 0 Å². The average Bonchev–Trinajstić information content (AvgIpc) is 2.06. The molecule has 0 aliphatic carbocycles. The van der Waals surface area contributed by atoms with Crippen LogP contribution in [-0.4, -0.2) is 0 Å². The van der Waals surface area contributed by atoms with Crippen molar-refractivity contribution in [2.45, 2.75) is 60.8 Å². The highest BCUT2D eigenvalue weighted by atomic mass is 14.4. The molecule has 0 nitrogen and oxygen atoms in total. The van der Waals surface area contributed by atoms with Crippen molar-refractivity contribution in [3.8, 4) is 0 Å². The largest absolute Gasteiger partial charge is 0.0651 e. The summed E-state index contributed by atoms with van der Waals surface area (Å²) in [4.78, 5) is 0. The zero-order chi connectivity index (χ0) is 9.78. The summed E-state index contributed by atoms with van der Waals surface area (Å²) in [5, 5.41) is 0. The summed E-state index contributed by atoms with van der Waals surface area (Å²) in [6.45, 7) is 14.2. The van der Waals surface area contributed by atoms with Gasteiger partial charge < -0.3 is 0 Å². The third kappa shape index (κ3) is 2.02. The third-order valence-electron chi connectivity index (χ3n) is 4.06. The zero-order valence-electron chi connectivity index (χ0n) is 9.78. The molecule has 0 aromatic carbocycles. The molecule has 0 aromatic rings. The molecule has 0 saturated carbocycles. The number of hydrogen-bond acceptors (Lipinski definition) is 0. The lowest BCUT2D eigenvalue weighted by Gasteiger charge is -2.41. The van der Waals surface area contributed by atoms with E-state index in [4.69, 9.17) is 0 Å². The Morgan fingerprint density at radius 2 is 1.33 bits per heavy atom. The molecule has 0 amide bonds. The highest BCUT2D eigenvalue weighted by Gasteiger charge is 2.34. The summed E-state index contributed by atoms with van der Waals surface area (Å²) in [6.07, 6.45) is 3.98. The van der Waals surface area contributed by atoms with Crippen molar-refractivity contribution >= 4 is 0 Å². The van der Waals surface area contributed by atoms with Crippen LogP contribution >= 0.6 is 0 Å².